The molecule has 1 amide bonds. The SMILES string of the molecule is Cc1cccc(NC(=O)CN(CCN(C)C)S(C)(=O)=O)c1C. The molecule has 0 heterocycles. The number of nitrogens with zero attached hydrogens (tertiary/aromatic N) is 2. The lowest BCUT2D eigenvalue weighted by Crippen LogP contribution is -2.41. The van der Waals surface area contributed by atoms with E-state index in [9.17, 15) is 13.2 Å². The zero-order valence-electron chi connectivity index (χ0n) is 13.9. The predicted molar refractivity (Wildman–Crippen MR) is 89.5 cm³/mol. The second-order valence-corrected chi connectivity index (χ2v) is 7.68. The zero-order valence-corrected chi connectivity index (χ0v) is 14.7. The van der Waals surface area contributed by atoms with Crippen molar-refractivity contribution >= 4 is 21.6 Å². The van der Waals surface area contributed by atoms with Crippen LogP contribution in [0.2, 0.25) is 0 Å². The quantitative estimate of drug-likeness (QED) is 0.813. The third kappa shape index (κ3) is 5.75. The molecule has 0 radical (unpaired) electrons. The monoisotopic (exact) mass is 327 g/mol. The number of likely N-dealkylation sites (N-methyl/N-ethyl adjacent to an activating group) is 1. The van der Waals surface area contributed by atoms with Crippen LogP contribution in [0.25, 0.3) is 0 Å². The van der Waals surface area contributed by atoms with Crippen LogP contribution in [-0.4, -0.2) is 63.5 Å². The molecule has 0 aliphatic heterocycles. The van der Waals surface area contributed by atoms with Crippen LogP contribution < -0.4 is 5.32 Å². The van der Waals surface area contributed by atoms with Gasteiger partial charge in [-0.25, -0.2) is 8.42 Å². The largest absolute Gasteiger partial charge is 0.325 e. The fourth-order valence-electron chi connectivity index (χ4n) is 1.91. The average Bonchev–Trinajstić information content (AvgIpc) is 2.38. The van der Waals surface area contributed by atoms with Crippen LogP contribution in [-0.2, 0) is 14.8 Å². The molecule has 0 saturated heterocycles. The minimum Gasteiger partial charge on any atom is -0.325 e. The molecule has 6 nitrogen and oxygen atoms in total. The number of carbonyl (C=O) groups excluding carboxylic acids is 1. The van der Waals surface area contributed by atoms with Crippen molar-refractivity contribution in [2.75, 3.05) is 45.3 Å². The number of anilines is 1. The van der Waals surface area contributed by atoms with E-state index in [4.69, 9.17) is 0 Å². The summed E-state index contributed by atoms with van der Waals surface area (Å²) in [7, 11) is 0.295. The summed E-state index contributed by atoms with van der Waals surface area (Å²) in [6.07, 6.45) is 1.12. The Balaban J connectivity index is 2.77. The van der Waals surface area contributed by atoms with Crippen molar-refractivity contribution in [1.82, 2.24) is 9.21 Å². The highest BCUT2D eigenvalue weighted by molar-refractivity contribution is 7.88. The van der Waals surface area contributed by atoms with Crippen molar-refractivity contribution in [2.24, 2.45) is 0 Å². The minimum atomic E-state index is -3.42. The fourth-order valence-corrected chi connectivity index (χ4v) is 2.68. The van der Waals surface area contributed by atoms with Crippen LogP contribution >= 0.6 is 0 Å². The van der Waals surface area contributed by atoms with Crippen LogP contribution in [0, 0.1) is 13.8 Å². The van der Waals surface area contributed by atoms with Crippen molar-refractivity contribution in [3.8, 4) is 0 Å². The molecule has 0 fully saturated rings. The van der Waals surface area contributed by atoms with Crippen LogP contribution in [0.5, 0.6) is 0 Å². The Kier molecular flexibility index (Phi) is 6.52. The maximum Gasteiger partial charge on any atom is 0.239 e. The van der Waals surface area contributed by atoms with Gasteiger partial charge in [-0.05, 0) is 45.1 Å². The molecule has 0 saturated carbocycles. The lowest BCUT2D eigenvalue weighted by Gasteiger charge is -2.21. The third-order valence-corrected chi connectivity index (χ3v) is 4.71. The number of amides is 1. The topological polar surface area (TPSA) is 69.7 Å². The zero-order chi connectivity index (χ0) is 16.9. The van der Waals surface area contributed by atoms with Gasteiger partial charge in [-0.1, -0.05) is 12.1 Å². The highest BCUT2D eigenvalue weighted by Gasteiger charge is 2.20. The van der Waals surface area contributed by atoms with E-state index in [1.807, 2.05) is 51.0 Å². The summed E-state index contributed by atoms with van der Waals surface area (Å²) in [5.74, 6) is -0.335. The second-order valence-electron chi connectivity index (χ2n) is 5.70. The molecule has 1 rings (SSSR count). The Morgan fingerprint density at radius 2 is 1.82 bits per heavy atom. The van der Waals surface area contributed by atoms with Crippen LogP contribution in [0.3, 0.4) is 0 Å². The smallest absolute Gasteiger partial charge is 0.239 e. The molecule has 0 unspecified atom stereocenters. The molecular weight excluding hydrogens is 302 g/mol. The normalized spacial score (nSPS) is 12.0. The van der Waals surface area contributed by atoms with Gasteiger partial charge in [-0.2, -0.15) is 4.31 Å². The minimum absolute atomic E-state index is 0.181. The van der Waals surface area contributed by atoms with Gasteiger partial charge in [0.25, 0.3) is 0 Å². The molecular formula is C15H25N3O3S. The van der Waals surface area contributed by atoms with Gasteiger partial charge >= 0.3 is 0 Å². The number of sulfonamides is 1. The van der Waals surface area contributed by atoms with Crippen molar-refractivity contribution < 1.29 is 13.2 Å². The molecule has 1 aromatic carbocycles. The Morgan fingerprint density at radius 3 is 2.36 bits per heavy atom. The van der Waals surface area contributed by atoms with Crippen molar-refractivity contribution in [1.29, 1.82) is 0 Å². The number of rotatable bonds is 7. The average molecular weight is 327 g/mol. The van der Waals surface area contributed by atoms with Gasteiger partial charge in [0, 0.05) is 18.8 Å². The summed E-state index contributed by atoms with van der Waals surface area (Å²) >= 11 is 0. The van der Waals surface area contributed by atoms with E-state index in [2.05, 4.69) is 5.32 Å². The van der Waals surface area contributed by atoms with E-state index < -0.39 is 10.0 Å². The van der Waals surface area contributed by atoms with Gasteiger partial charge in [0.05, 0.1) is 12.8 Å². The molecule has 0 spiro atoms. The van der Waals surface area contributed by atoms with Gasteiger partial charge in [0.1, 0.15) is 0 Å². The van der Waals surface area contributed by atoms with E-state index >= 15 is 0 Å². The molecule has 124 valence electrons. The molecule has 0 atom stereocenters. The summed E-state index contributed by atoms with van der Waals surface area (Å²) in [5, 5.41) is 2.78. The summed E-state index contributed by atoms with van der Waals surface area (Å²) in [6.45, 7) is 4.55. The second kappa shape index (κ2) is 7.71. The first-order valence-electron chi connectivity index (χ1n) is 7.07. The van der Waals surface area contributed by atoms with Gasteiger partial charge in [-0.3, -0.25) is 4.79 Å². The van der Waals surface area contributed by atoms with E-state index in [1.54, 1.807) is 0 Å². The number of nitrogens with one attached hydrogen (secondary N) is 1. The molecule has 0 aliphatic rings. The Morgan fingerprint density at radius 1 is 1.18 bits per heavy atom. The first-order chi connectivity index (χ1) is 10.1. The van der Waals surface area contributed by atoms with Crippen molar-refractivity contribution in [3.63, 3.8) is 0 Å². The summed E-state index contributed by atoms with van der Waals surface area (Å²) in [5.41, 5.74) is 2.77. The van der Waals surface area contributed by atoms with Crippen molar-refractivity contribution in [2.45, 2.75) is 13.8 Å². The first kappa shape index (κ1) is 18.6. The summed E-state index contributed by atoms with van der Waals surface area (Å²) < 4.78 is 24.7. The van der Waals surface area contributed by atoms with E-state index in [1.165, 1.54) is 4.31 Å². The number of carbonyl (C=O) groups is 1. The maximum absolute atomic E-state index is 12.1. The molecule has 22 heavy (non-hydrogen) atoms. The molecule has 0 bridgehead atoms. The molecule has 7 heteroatoms. The van der Waals surface area contributed by atoms with Crippen LogP contribution in [0.1, 0.15) is 11.1 Å². The lowest BCUT2D eigenvalue weighted by atomic mass is 10.1. The standard InChI is InChI=1S/C15H25N3O3S/c1-12-7-6-8-14(13(12)2)16-15(19)11-18(22(5,20)21)10-9-17(3)4/h6-8H,9-11H2,1-5H3,(H,16,19). The molecule has 1 N–H and O–H groups in total. The van der Waals surface area contributed by atoms with Gasteiger partial charge in [0.2, 0.25) is 15.9 Å². The van der Waals surface area contributed by atoms with Crippen LogP contribution in [0.4, 0.5) is 5.69 Å². The lowest BCUT2D eigenvalue weighted by molar-refractivity contribution is -0.116. The first-order valence-corrected chi connectivity index (χ1v) is 8.92. The Labute approximate surface area is 133 Å². The van der Waals surface area contributed by atoms with E-state index in [-0.39, 0.29) is 19.0 Å². The molecule has 0 aromatic heterocycles. The highest BCUT2D eigenvalue weighted by Crippen LogP contribution is 2.17. The predicted octanol–water partition coefficient (Wildman–Crippen LogP) is 1.07. The number of benzene rings is 1. The van der Waals surface area contributed by atoms with Crippen molar-refractivity contribution in [3.05, 3.63) is 29.3 Å². The van der Waals surface area contributed by atoms with Gasteiger partial charge in [0.15, 0.2) is 0 Å². The van der Waals surface area contributed by atoms with Gasteiger partial charge in [-0.15, -0.1) is 0 Å². The fraction of sp³-hybridized carbons (Fsp3) is 0.533. The maximum atomic E-state index is 12.1. The molecule has 0 aliphatic carbocycles. The van der Waals surface area contributed by atoms with E-state index in [0.29, 0.717) is 12.2 Å². The van der Waals surface area contributed by atoms with E-state index in [0.717, 1.165) is 17.4 Å². The molecule has 1 aromatic rings. The number of hydrogen-bond donors (Lipinski definition) is 1. The third-order valence-electron chi connectivity index (χ3n) is 3.46. The highest BCUT2D eigenvalue weighted by atomic mass is 32.2. The number of hydrogen-bond acceptors (Lipinski definition) is 4. The Bertz CT molecular complexity index is 627. The number of aryl methyl sites for hydroxylation is 1. The summed E-state index contributed by atoms with van der Waals surface area (Å²) in [6, 6.07) is 5.63. The Hall–Kier alpha value is -1.44. The van der Waals surface area contributed by atoms with Gasteiger partial charge < -0.3 is 10.2 Å². The van der Waals surface area contributed by atoms with Crippen LogP contribution in [0.15, 0.2) is 18.2 Å². The summed E-state index contributed by atoms with van der Waals surface area (Å²) in [4.78, 5) is 14.0.